The summed E-state index contributed by atoms with van der Waals surface area (Å²) in [5.74, 6) is 1.37. The van der Waals surface area contributed by atoms with Crippen LogP contribution in [-0.2, 0) is 16.1 Å². The summed E-state index contributed by atoms with van der Waals surface area (Å²) in [6, 6.07) is 1.74. The van der Waals surface area contributed by atoms with Gasteiger partial charge < -0.3 is 14.8 Å². The van der Waals surface area contributed by atoms with Crippen molar-refractivity contribution in [2.75, 3.05) is 51.3 Å². The maximum Gasteiger partial charge on any atom is 0.158 e. The second kappa shape index (κ2) is 9.15. The fourth-order valence-corrected chi connectivity index (χ4v) is 2.36. The highest BCUT2D eigenvalue weighted by Crippen LogP contribution is 2.12. The minimum atomic E-state index is 0.388. The molecule has 118 valence electrons. The summed E-state index contributed by atoms with van der Waals surface area (Å²) in [7, 11) is 0. The predicted octanol–water partition coefficient (Wildman–Crippen LogP) is 1.80. The molecule has 1 aliphatic heterocycles. The molecule has 0 amide bonds. The Morgan fingerprint density at radius 3 is 2.95 bits per heavy atom. The number of ether oxygens (including phenoxy) is 2. The summed E-state index contributed by atoms with van der Waals surface area (Å²) in [5, 5.41) is 3.73. The van der Waals surface area contributed by atoms with Gasteiger partial charge in [-0.2, -0.15) is 0 Å². The second-order valence-electron chi connectivity index (χ2n) is 4.86. The van der Waals surface area contributed by atoms with Gasteiger partial charge in [-0.05, 0) is 19.9 Å². The number of anilines is 1. The second-order valence-corrected chi connectivity index (χ2v) is 5.25. The molecular formula is C14H23ClN4O2. The van der Waals surface area contributed by atoms with Crippen LogP contribution in [0.3, 0.4) is 0 Å². The molecule has 0 unspecified atom stereocenters. The Labute approximate surface area is 130 Å². The van der Waals surface area contributed by atoms with E-state index in [9.17, 15) is 0 Å². The van der Waals surface area contributed by atoms with Crippen LogP contribution in [0.2, 0.25) is 5.15 Å². The van der Waals surface area contributed by atoms with Crippen molar-refractivity contribution in [1.82, 2.24) is 14.9 Å². The van der Waals surface area contributed by atoms with Crippen LogP contribution < -0.4 is 5.32 Å². The van der Waals surface area contributed by atoms with Crippen molar-refractivity contribution < 1.29 is 9.47 Å². The number of aromatic nitrogens is 2. The molecule has 1 aromatic rings. The van der Waals surface area contributed by atoms with Gasteiger partial charge >= 0.3 is 0 Å². The van der Waals surface area contributed by atoms with Gasteiger partial charge in [-0.3, -0.25) is 4.90 Å². The van der Waals surface area contributed by atoms with Gasteiger partial charge in [0.15, 0.2) is 5.82 Å². The van der Waals surface area contributed by atoms with Crippen LogP contribution >= 0.6 is 11.6 Å². The normalized spacial score (nSPS) is 16.1. The lowest BCUT2D eigenvalue weighted by molar-refractivity contribution is 0.0378. The zero-order valence-electron chi connectivity index (χ0n) is 12.5. The highest BCUT2D eigenvalue weighted by molar-refractivity contribution is 6.29. The molecule has 7 heteroatoms. The number of nitrogens with one attached hydrogen (secondary N) is 1. The smallest absolute Gasteiger partial charge is 0.158 e. The van der Waals surface area contributed by atoms with Gasteiger partial charge in [0.1, 0.15) is 17.6 Å². The van der Waals surface area contributed by atoms with Gasteiger partial charge in [0.05, 0.1) is 13.2 Å². The lowest BCUT2D eigenvalue weighted by Gasteiger charge is -2.26. The van der Waals surface area contributed by atoms with Gasteiger partial charge in [-0.15, -0.1) is 0 Å². The molecule has 0 radical (unpaired) electrons. The topological polar surface area (TPSA) is 59.5 Å². The average molecular weight is 315 g/mol. The standard InChI is InChI=1S/C14H23ClN4O2/c1-2-20-11-14-17-12(15)10-13(18-14)16-4-3-5-19-6-8-21-9-7-19/h10H,2-9,11H2,1H3,(H,16,17,18). The van der Waals surface area contributed by atoms with E-state index < -0.39 is 0 Å². The highest BCUT2D eigenvalue weighted by atomic mass is 35.5. The van der Waals surface area contributed by atoms with E-state index >= 15 is 0 Å². The van der Waals surface area contributed by atoms with Crippen molar-refractivity contribution in [2.24, 2.45) is 0 Å². The molecule has 1 saturated heterocycles. The molecule has 0 aromatic carbocycles. The van der Waals surface area contributed by atoms with Crippen molar-refractivity contribution in [1.29, 1.82) is 0 Å². The molecule has 6 nitrogen and oxygen atoms in total. The van der Waals surface area contributed by atoms with E-state index in [1.807, 2.05) is 6.92 Å². The van der Waals surface area contributed by atoms with Crippen molar-refractivity contribution in [3.05, 3.63) is 17.0 Å². The van der Waals surface area contributed by atoms with Crippen molar-refractivity contribution in [3.63, 3.8) is 0 Å². The summed E-state index contributed by atoms with van der Waals surface area (Å²) in [6.45, 7) is 8.63. The Balaban J connectivity index is 1.72. The highest BCUT2D eigenvalue weighted by Gasteiger charge is 2.09. The minimum Gasteiger partial charge on any atom is -0.379 e. The summed E-state index contributed by atoms with van der Waals surface area (Å²) >= 11 is 5.99. The molecule has 2 heterocycles. The van der Waals surface area contributed by atoms with Crippen molar-refractivity contribution in [3.8, 4) is 0 Å². The van der Waals surface area contributed by atoms with E-state index in [1.165, 1.54) is 0 Å². The van der Waals surface area contributed by atoms with Gasteiger partial charge in [0.25, 0.3) is 0 Å². The largest absolute Gasteiger partial charge is 0.379 e. The first-order valence-corrected chi connectivity index (χ1v) is 7.81. The number of hydrogen-bond donors (Lipinski definition) is 1. The number of morpholine rings is 1. The number of hydrogen-bond acceptors (Lipinski definition) is 6. The Bertz CT molecular complexity index is 427. The van der Waals surface area contributed by atoms with Crippen LogP contribution in [0.25, 0.3) is 0 Å². The summed E-state index contributed by atoms with van der Waals surface area (Å²) in [6.07, 6.45) is 1.06. The summed E-state index contributed by atoms with van der Waals surface area (Å²) in [4.78, 5) is 10.9. The van der Waals surface area contributed by atoms with E-state index in [-0.39, 0.29) is 0 Å². The average Bonchev–Trinajstić information content (AvgIpc) is 2.50. The Hall–Kier alpha value is -0.950. The van der Waals surface area contributed by atoms with Gasteiger partial charge in [-0.1, -0.05) is 11.6 Å². The number of rotatable bonds is 8. The fourth-order valence-electron chi connectivity index (χ4n) is 2.16. The van der Waals surface area contributed by atoms with Crippen LogP contribution in [0.4, 0.5) is 5.82 Å². The van der Waals surface area contributed by atoms with Crippen LogP contribution in [0.5, 0.6) is 0 Å². The molecule has 1 fully saturated rings. The predicted molar refractivity (Wildman–Crippen MR) is 82.7 cm³/mol. The minimum absolute atomic E-state index is 0.388. The summed E-state index contributed by atoms with van der Waals surface area (Å²) < 4.78 is 10.6. The number of halogens is 1. The lowest BCUT2D eigenvalue weighted by Crippen LogP contribution is -2.37. The molecule has 1 N–H and O–H groups in total. The van der Waals surface area contributed by atoms with Crippen molar-refractivity contribution in [2.45, 2.75) is 20.0 Å². The van der Waals surface area contributed by atoms with E-state index in [4.69, 9.17) is 21.1 Å². The van der Waals surface area contributed by atoms with E-state index in [0.717, 1.165) is 51.6 Å². The Morgan fingerprint density at radius 1 is 1.38 bits per heavy atom. The third-order valence-corrected chi connectivity index (χ3v) is 3.43. The zero-order chi connectivity index (χ0) is 14.9. The molecule has 0 spiro atoms. The molecule has 2 rings (SSSR count). The monoisotopic (exact) mass is 314 g/mol. The first-order chi connectivity index (χ1) is 10.3. The molecule has 0 aliphatic carbocycles. The third-order valence-electron chi connectivity index (χ3n) is 3.24. The van der Waals surface area contributed by atoms with Crippen molar-refractivity contribution >= 4 is 17.4 Å². The molecule has 0 saturated carbocycles. The first-order valence-electron chi connectivity index (χ1n) is 7.43. The Morgan fingerprint density at radius 2 is 2.19 bits per heavy atom. The SMILES string of the molecule is CCOCc1nc(Cl)cc(NCCCN2CCOCC2)n1. The first kappa shape index (κ1) is 16.4. The lowest BCUT2D eigenvalue weighted by atomic mass is 10.3. The molecular weight excluding hydrogens is 292 g/mol. The molecule has 21 heavy (non-hydrogen) atoms. The van der Waals surface area contributed by atoms with Crippen LogP contribution in [0.15, 0.2) is 6.07 Å². The quantitative estimate of drug-likeness (QED) is 0.583. The maximum atomic E-state index is 5.99. The maximum absolute atomic E-state index is 5.99. The Kier molecular flexibility index (Phi) is 7.15. The van der Waals surface area contributed by atoms with Gasteiger partial charge in [0, 0.05) is 32.3 Å². The molecule has 1 aromatic heterocycles. The fraction of sp³-hybridized carbons (Fsp3) is 0.714. The van der Waals surface area contributed by atoms with E-state index in [2.05, 4.69) is 20.2 Å². The molecule has 1 aliphatic rings. The third kappa shape index (κ3) is 6.13. The van der Waals surface area contributed by atoms with Crippen LogP contribution in [-0.4, -0.2) is 60.9 Å². The number of nitrogens with zero attached hydrogens (tertiary/aromatic N) is 3. The van der Waals surface area contributed by atoms with Gasteiger partial charge in [-0.25, -0.2) is 9.97 Å². The van der Waals surface area contributed by atoms with E-state index in [1.54, 1.807) is 6.07 Å². The molecule has 0 bridgehead atoms. The molecule has 0 atom stereocenters. The summed E-state index contributed by atoms with van der Waals surface area (Å²) in [5.41, 5.74) is 0. The zero-order valence-corrected chi connectivity index (χ0v) is 13.2. The van der Waals surface area contributed by atoms with Crippen LogP contribution in [0.1, 0.15) is 19.2 Å². The van der Waals surface area contributed by atoms with E-state index in [0.29, 0.717) is 24.2 Å². The van der Waals surface area contributed by atoms with Crippen LogP contribution in [0, 0.1) is 0 Å². The van der Waals surface area contributed by atoms with Gasteiger partial charge in [0.2, 0.25) is 0 Å².